The first-order valence-corrected chi connectivity index (χ1v) is 9.43. The molecule has 1 amide bonds. The van der Waals surface area contributed by atoms with Crippen molar-refractivity contribution < 1.29 is 49.8 Å². The Labute approximate surface area is 177 Å². The first kappa shape index (κ1) is 24.5. The number of amides is 1. The summed E-state index contributed by atoms with van der Waals surface area (Å²) < 4.78 is 5.16. The Morgan fingerprint density at radius 1 is 1.19 bits per heavy atom. The zero-order valence-electron chi connectivity index (χ0n) is 16.7. The Bertz CT molecular complexity index is 791. The van der Waals surface area contributed by atoms with E-state index in [2.05, 4.69) is 5.32 Å². The number of carbonyl (C=O) groups excluding carboxylic acids is 1. The molecule has 0 aromatic heterocycles. The molecule has 0 radical (unpaired) electrons. The van der Waals surface area contributed by atoms with Gasteiger partial charge in [-0.2, -0.15) is 0 Å². The summed E-state index contributed by atoms with van der Waals surface area (Å²) in [6.07, 6.45) is -5.87. The Morgan fingerprint density at radius 3 is 2.35 bits per heavy atom. The van der Waals surface area contributed by atoms with Crippen molar-refractivity contribution >= 4 is 23.5 Å². The number of aliphatic hydroxyl groups excluding tert-OH is 3. The van der Waals surface area contributed by atoms with Gasteiger partial charge < -0.3 is 45.6 Å². The lowest BCUT2D eigenvalue weighted by molar-refractivity contribution is -0.316. The fourth-order valence-corrected chi connectivity index (χ4v) is 3.15. The lowest BCUT2D eigenvalue weighted by Gasteiger charge is -2.45. The second-order valence-corrected chi connectivity index (χ2v) is 7.30. The van der Waals surface area contributed by atoms with E-state index in [1.165, 1.54) is 11.8 Å². The van der Waals surface area contributed by atoms with Gasteiger partial charge in [0, 0.05) is 5.69 Å². The number of aliphatic carboxylic acids is 2. The highest BCUT2D eigenvalue weighted by atomic mass is 16.6. The maximum Gasteiger partial charge on any atom is 0.326 e. The summed E-state index contributed by atoms with van der Waals surface area (Å²) >= 11 is 0. The van der Waals surface area contributed by atoms with Crippen molar-refractivity contribution in [2.75, 3.05) is 18.1 Å². The number of carboxylic acid groups (broad SMARTS) is 2. The van der Waals surface area contributed by atoms with Gasteiger partial charge in [-0.05, 0) is 19.1 Å². The molecule has 0 aliphatic carbocycles. The SMILES string of the molecule is C[C@@H](C(=O)N[C@@H](CC(=O)O)C(=O)O)N(CC1(O)OC[C@@H](O)[C@@H](O)[C@@H]1O)c1ccccc1. The number of ether oxygens (including phenoxy) is 1. The van der Waals surface area contributed by atoms with E-state index in [0.717, 1.165) is 0 Å². The summed E-state index contributed by atoms with van der Waals surface area (Å²) in [7, 11) is 0. The summed E-state index contributed by atoms with van der Waals surface area (Å²) in [5, 5.41) is 60.7. The second-order valence-electron chi connectivity index (χ2n) is 7.30. The van der Waals surface area contributed by atoms with Gasteiger partial charge in [0.25, 0.3) is 0 Å². The van der Waals surface area contributed by atoms with Gasteiger partial charge in [-0.3, -0.25) is 9.59 Å². The zero-order valence-corrected chi connectivity index (χ0v) is 16.7. The Morgan fingerprint density at radius 2 is 1.81 bits per heavy atom. The van der Waals surface area contributed by atoms with E-state index >= 15 is 0 Å². The van der Waals surface area contributed by atoms with Crippen LogP contribution in [0.1, 0.15) is 13.3 Å². The smallest absolute Gasteiger partial charge is 0.326 e. The molecule has 1 unspecified atom stereocenters. The number of para-hydroxylation sites is 1. The summed E-state index contributed by atoms with van der Waals surface area (Å²) in [5.74, 6) is -6.17. The van der Waals surface area contributed by atoms with Gasteiger partial charge in [-0.15, -0.1) is 0 Å². The van der Waals surface area contributed by atoms with Crippen molar-refractivity contribution in [3.05, 3.63) is 30.3 Å². The molecule has 1 heterocycles. The number of anilines is 1. The van der Waals surface area contributed by atoms with Crippen LogP contribution in [0.5, 0.6) is 0 Å². The predicted octanol–water partition coefficient (Wildman–Crippen LogP) is -2.27. The van der Waals surface area contributed by atoms with Gasteiger partial charge in [-0.1, -0.05) is 18.2 Å². The molecule has 1 saturated heterocycles. The minimum Gasteiger partial charge on any atom is -0.481 e. The fourth-order valence-electron chi connectivity index (χ4n) is 3.15. The highest BCUT2D eigenvalue weighted by Crippen LogP contribution is 2.28. The molecule has 1 aliphatic heterocycles. The Hall–Kier alpha value is -2.77. The molecule has 12 heteroatoms. The number of rotatable bonds is 9. The molecule has 1 fully saturated rings. The number of carbonyl (C=O) groups is 3. The standard InChI is InChI=1S/C19H26N2O10/c1-10(17(27)20-12(18(28)29)7-14(23)24)21(11-5-3-2-4-6-11)9-19(30)16(26)15(25)13(22)8-31-19/h2-6,10,12-13,15-16,22,25-26,30H,7-9H2,1H3,(H,20,27)(H,23,24)(H,28,29)/t10-,12-,13+,15+,16-,19?/m0/s1. The van der Waals surface area contributed by atoms with Crippen LogP contribution in [0.4, 0.5) is 5.69 Å². The van der Waals surface area contributed by atoms with Crippen LogP contribution in [-0.2, 0) is 19.1 Å². The van der Waals surface area contributed by atoms with Gasteiger partial charge in [-0.25, -0.2) is 4.79 Å². The van der Waals surface area contributed by atoms with E-state index in [4.69, 9.17) is 14.9 Å². The van der Waals surface area contributed by atoms with Crippen molar-refractivity contribution in [1.82, 2.24) is 5.32 Å². The maximum atomic E-state index is 12.7. The Balaban J connectivity index is 2.28. The van der Waals surface area contributed by atoms with Crippen molar-refractivity contribution in [3.8, 4) is 0 Å². The fraction of sp³-hybridized carbons (Fsp3) is 0.526. The van der Waals surface area contributed by atoms with Gasteiger partial charge in [0.1, 0.15) is 30.4 Å². The molecule has 31 heavy (non-hydrogen) atoms. The highest BCUT2D eigenvalue weighted by Gasteiger charge is 2.50. The number of hydrogen-bond acceptors (Lipinski definition) is 9. The molecule has 0 spiro atoms. The number of hydrogen-bond donors (Lipinski definition) is 7. The van der Waals surface area contributed by atoms with Crippen LogP contribution >= 0.6 is 0 Å². The van der Waals surface area contributed by atoms with Gasteiger partial charge >= 0.3 is 11.9 Å². The number of nitrogens with zero attached hydrogens (tertiary/aromatic N) is 1. The average molecular weight is 442 g/mol. The summed E-state index contributed by atoms with van der Waals surface area (Å²) in [4.78, 5) is 36.2. The van der Waals surface area contributed by atoms with Gasteiger partial charge in [0.2, 0.25) is 11.7 Å². The van der Waals surface area contributed by atoms with Crippen molar-refractivity contribution in [2.45, 2.75) is 49.5 Å². The first-order valence-electron chi connectivity index (χ1n) is 9.43. The molecule has 1 aromatic carbocycles. The van der Waals surface area contributed by atoms with Crippen LogP contribution < -0.4 is 10.2 Å². The zero-order chi connectivity index (χ0) is 23.3. The summed E-state index contributed by atoms with van der Waals surface area (Å²) in [6, 6.07) is 5.30. The van der Waals surface area contributed by atoms with E-state index in [1.807, 2.05) is 0 Å². The average Bonchev–Trinajstić information content (AvgIpc) is 2.73. The van der Waals surface area contributed by atoms with Crippen LogP contribution in [0.2, 0.25) is 0 Å². The van der Waals surface area contributed by atoms with Crippen LogP contribution in [-0.4, -0.2) is 97.8 Å². The first-order chi connectivity index (χ1) is 14.5. The topological polar surface area (TPSA) is 197 Å². The minimum absolute atomic E-state index is 0.389. The largest absolute Gasteiger partial charge is 0.481 e. The number of nitrogens with one attached hydrogen (secondary N) is 1. The number of aliphatic hydroxyl groups is 4. The molecular formula is C19H26N2O10. The molecule has 2 rings (SSSR count). The van der Waals surface area contributed by atoms with Gasteiger partial charge in [0.05, 0.1) is 19.6 Å². The molecule has 1 aliphatic rings. The molecule has 1 aromatic rings. The predicted molar refractivity (Wildman–Crippen MR) is 104 cm³/mol. The monoisotopic (exact) mass is 442 g/mol. The molecule has 7 N–H and O–H groups in total. The molecule has 172 valence electrons. The van der Waals surface area contributed by atoms with Crippen molar-refractivity contribution in [2.24, 2.45) is 0 Å². The third-order valence-electron chi connectivity index (χ3n) is 5.01. The van der Waals surface area contributed by atoms with E-state index < -0.39 is 73.6 Å². The van der Waals surface area contributed by atoms with E-state index in [9.17, 15) is 34.8 Å². The van der Waals surface area contributed by atoms with Gasteiger partial charge in [0.15, 0.2) is 0 Å². The highest BCUT2D eigenvalue weighted by molar-refractivity contribution is 5.90. The number of carboxylic acids is 2. The van der Waals surface area contributed by atoms with Crippen molar-refractivity contribution in [3.63, 3.8) is 0 Å². The quantitative estimate of drug-likeness (QED) is 0.218. The third-order valence-corrected chi connectivity index (χ3v) is 5.01. The van der Waals surface area contributed by atoms with Crippen LogP contribution in [0, 0.1) is 0 Å². The molecule has 12 nitrogen and oxygen atoms in total. The van der Waals surface area contributed by atoms with E-state index in [1.54, 1.807) is 30.3 Å². The van der Waals surface area contributed by atoms with E-state index in [0.29, 0.717) is 5.69 Å². The lowest BCUT2D eigenvalue weighted by Crippen LogP contribution is -2.66. The lowest BCUT2D eigenvalue weighted by atomic mass is 9.95. The molecule has 0 bridgehead atoms. The molecule has 0 saturated carbocycles. The summed E-state index contributed by atoms with van der Waals surface area (Å²) in [5.41, 5.74) is 0.389. The normalized spacial score (nSPS) is 27.7. The minimum atomic E-state index is -2.36. The maximum absolute atomic E-state index is 12.7. The number of benzene rings is 1. The van der Waals surface area contributed by atoms with Crippen LogP contribution in [0.15, 0.2) is 30.3 Å². The van der Waals surface area contributed by atoms with E-state index in [-0.39, 0.29) is 0 Å². The second kappa shape index (κ2) is 10.0. The summed E-state index contributed by atoms with van der Waals surface area (Å²) in [6.45, 7) is 0.372. The van der Waals surface area contributed by atoms with Crippen molar-refractivity contribution in [1.29, 1.82) is 0 Å². The molecular weight excluding hydrogens is 416 g/mol. The Kier molecular flexibility index (Phi) is 7.92. The van der Waals surface area contributed by atoms with Crippen LogP contribution in [0.3, 0.4) is 0 Å². The third kappa shape index (κ3) is 5.89. The van der Waals surface area contributed by atoms with Crippen LogP contribution in [0.25, 0.3) is 0 Å². The molecule has 6 atom stereocenters.